The highest BCUT2D eigenvalue weighted by molar-refractivity contribution is 7.85. The largest absolute Gasteiger partial charge is 0.314 e. The second kappa shape index (κ2) is 8.44. The van der Waals surface area contributed by atoms with E-state index >= 15 is 0 Å². The van der Waals surface area contributed by atoms with Gasteiger partial charge in [-0.25, -0.2) is 0 Å². The Labute approximate surface area is 114 Å². The Morgan fingerprint density at radius 1 is 1.28 bits per heavy atom. The van der Waals surface area contributed by atoms with E-state index < -0.39 is 10.8 Å². The van der Waals surface area contributed by atoms with Crippen LogP contribution in [0.1, 0.15) is 38.7 Å². The molecule has 3 heteroatoms. The van der Waals surface area contributed by atoms with Crippen molar-refractivity contribution in [2.45, 2.75) is 51.0 Å². The van der Waals surface area contributed by atoms with E-state index in [2.05, 4.69) is 19.2 Å². The van der Waals surface area contributed by atoms with Crippen LogP contribution in [-0.2, 0) is 10.8 Å². The van der Waals surface area contributed by atoms with Gasteiger partial charge in [0.1, 0.15) is 0 Å². The van der Waals surface area contributed by atoms with E-state index in [1.807, 2.05) is 31.2 Å². The molecule has 0 spiro atoms. The third-order valence-electron chi connectivity index (χ3n) is 2.99. The average molecular weight is 267 g/mol. The quantitative estimate of drug-likeness (QED) is 0.783. The highest BCUT2D eigenvalue weighted by Crippen LogP contribution is 2.10. The van der Waals surface area contributed by atoms with E-state index in [1.54, 1.807) is 0 Å². The van der Waals surface area contributed by atoms with Crippen LogP contribution in [0.25, 0.3) is 0 Å². The summed E-state index contributed by atoms with van der Waals surface area (Å²) < 4.78 is 12.0. The molecule has 1 aromatic rings. The lowest BCUT2D eigenvalue weighted by atomic mass is 10.2. The van der Waals surface area contributed by atoms with Crippen molar-refractivity contribution in [2.24, 2.45) is 0 Å². The van der Waals surface area contributed by atoms with Gasteiger partial charge in [-0.1, -0.05) is 24.6 Å². The van der Waals surface area contributed by atoms with Gasteiger partial charge in [-0.15, -0.1) is 0 Å². The Balaban J connectivity index is 2.27. The molecule has 102 valence electrons. The maximum atomic E-state index is 12.0. The first kappa shape index (κ1) is 15.4. The SMILES string of the molecule is CCCNC(C)CCCS(=O)c1ccc(C)cc1. The summed E-state index contributed by atoms with van der Waals surface area (Å²) in [5.41, 5.74) is 1.22. The first-order chi connectivity index (χ1) is 8.63. The minimum absolute atomic E-state index is 0.528. The van der Waals surface area contributed by atoms with E-state index in [9.17, 15) is 4.21 Å². The Morgan fingerprint density at radius 3 is 2.56 bits per heavy atom. The number of hydrogen-bond acceptors (Lipinski definition) is 2. The third-order valence-corrected chi connectivity index (χ3v) is 4.45. The van der Waals surface area contributed by atoms with Crippen LogP contribution in [0.3, 0.4) is 0 Å². The zero-order chi connectivity index (χ0) is 13.4. The molecule has 0 bridgehead atoms. The molecule has 2 nitrogen and oxygen atoms in total. The van der Waals surface area contributed by atoms with Crippen molar-refractivity contribution >= 4 is 10.8 Å². The molecule has 18 heavy (non-hydrogen) atoms. The first-order valence-corrected chi connectivity index (χ1v) is 8.13. The second-order valence-electron chi connectivity index (χ2n) is 4.86. The van der Waals surface area contributed by atoms with E-state index in [4.69, 9.17) is 0 Å². The van der Waals surface area contributed by atoms with Gasteiger partial charge >= 0.3 is 0 Å². The molecule has 0 aromatic heterocycles. The summed E-state index contributed by atoms with van der Waals surface area (Å²) in [5.74, 6) is 0.765. The van der Waals surface area contributed by atoms with Gasteiger partial charge in [-0.2, -0.15) is 0 Å². The van der Waals surface area contributed by atoms with Crippen LogP contribution in [0.2, 0.25) is 0 Å². The van der Waals surface area contributed by atoms with Crippen LogP contribution in [-0.4, -0.2) is 22.5 Å². The first-order valence-electron chi connectivity index (χ1n) is 6.82. The molecule has 0 saturated heterocycles. The number of hydrogen-bond donors (Lipinski definition) is 1. The third kappa shape index (κ3) is 5.78. The maximum Gasteiger partial charge on any atom is 0.0529 e. The number of benzene rings is 1. The van der Waals surface area contributed by atoms with Gasteiger partial charge in [0.15, 0.2) is 0 Å². The molecule has 0 saturated carbocycles. The smallest absolute Gasteiger partial charge is 0.0529 e. The molecule has 0 fully saturated rings. The fraction of sp³-hybridized carbons (Fsp3) is 0.600. The topological polar surface area (TPSA) is 29.1 Å². The Morgan fingerprint density at radius 2 is 1.94 bits per heavy atom. The Bertz CT molecular complexity index is 361. The van der Waals surface area contributed by atoms with Crippen molar-refractivity contribution in [2.75, 3.05) is 12.3 Å². The molecule has 2 atom stereocenters. The number of aryl methyl sites for hydroxylation is 1. The van der Waals surface area contributed by atoms with Crippen LogP contribution < -0.4 is 5.32 Å². The van der Waals surface area contributed by atoms with E-state index in [0.29, 0.717) is 6.04 Å². The molecule has 1 rings (SSSR count). The van der Waals surface area contributed by atoms with Gasteiger partial charge in [0, 0.05) is 16.7 Å². The molecule has 2 unspecified atom stereocenters. The minimum Gasteiger partial charge on any atom is -0.314 e. The van der Waals surface area contributed by atoms with Crippen molar-refractivity contribution in [3.05, 3.63) is 29.8 Å². The van der Waals surface area contributed by atoms with Gasteiger partial charge in [-0.3, -0.25) is 4.21 Å². The Kier molecular flexibility index (Phi) is 7.21. The number of nitrogens with one attached hydrogen (secondary N) is 1. The Hall–Kier alpha value is -0.670. The summed E-state index contributed by atoms with van der Waals surface area (Å²) in [6.07, 6.45) is 3.27. The summed E-state index contributed by atoms with van der Waals surface area (Å²) >= 11 is 0. The highest BCUT2D eigenvalue weighted by Gasteiger charge is 2.05. The molecule has 0 amide bonds. The predicted molar refractivity (Wildman–Crippen MR) is 79.4 cm³/mol. The fourth-order valence-electron chi connectivity index (χ4n) is 1.82. The second-order valence-corrected chi connectivity index (χ2v) is 6.43. The highest BCUT2D eigenvalue weighted by atomic mass is 32.2. The van der Waals surface area contributed by atoms with Crippen molar-refractivity contribution < 1.29 is 4.21 Å². The van der Waals surface area contributed by atoms with E-state index in [0.717, 1.165) is 30.0 Å². The predicted octanol–water partition coefficient (Wildman–Crippen LogP) is 3.27. The minimum atomic E-state index is -0.842. The monoisotopic (exact) mass is 267 g/mol. The van der Waals surface area contributed by atoms with Gasteiger partial charge in [0.05, 0.1) is 10.8 Å². The maximum absolute atomic E-state index is 12.0. The summed E-state index contributed by atoms with van der Waals surface area (Å²) in [5, 5.41) is 3.45. The van der Waals surface area contributed by atoms with Crippen LogP contribution in [0.4, 0.5) is 0 Å². The van der Waals surface area contributed by atoms with Crippen molar-refractivity contribution in [1.29, 1.82) is 0 Å². The van der Waals surface area contributed by atoms with Crippen molar-refractivity contribution in [3.8, 4) is 0 Å². The van der Waals surface area contributed by atoms with E-state index in [1.165, 1.54) is 12.0 Å². The molecule has 0 aliphatic rings. The normalized spacial score (nSPS) is 14.4. The van der Waals surface area contributed by atoms with Gasteiger partial charge in [0.2, 0.25) is 0 Å². The van der Waals surface area contributed by atoms with Crippen LogP contribution in [0, 0.1) is 6.92 Å². The molecular weight excluding hydrogens is 242 g/mol. The van der Waals surface area contributed by atoms with Gasteiger partial charge < -0.3 is 5.32 Å². The number of rotatable bonds is 8. The van der Waals surface area contributed by atoms with Crippen molar-refractivity contribution in [1.82, 2.24) is 5.32 Å². The van der Waals surface area contributed by atoms with E-state index in [-0.39, 0.29) is 0 Å². The molecule has 0 aliphatic heterocycles. The molecule has 0 radical (unpaired) electrons. The molecule has 1 aromatic carbocycles. The lowest BCUT2D eigenvalue weighted by Crippen LogP contribution is -2.26. The summed E-state index contributed by atoms with van der Waals surface area (Å²) in [4.78, 5) is 0.953. The summed E-state index contributed by atoms with van der Waals surface area (Å²) in [6, 6.07) is 8.53. The van der Waals surface area contributed by atoms with Gasteiger partial charge in [0.25, 0.3) is 0 Å². The molecule has 1 N–H and O–H groups in total. The average Bonchev–Trinajstić information content (AvgIpc) is 2.37. The lowest BCUT2D eigenvalue weighted by molar-refractivity contribution is 0.509. The molecular formula is C15H25NOS. The van der Waals surface area contributed by atoms with Crippen LogP contribution in [0.5, 0.6) is 0 Å². The zero-order valence-corrected chi connectivity index (χ0v) is 12.6. The van der Waals surface area contributed by atoms with Crippen LogP contribution >= 0.6 is 0 Å². The summed E-state index contributed by atoms with van der Waals surface area (Å²) in [6.45, 7) is 7.49. The zero-order valence-electron chi connectivity index (χ0n) is 11.7. The van der Waals surface area contributed by atoms with Crippen molar-refractivity contribution in [3.63, 3.8) is 0 Å². The molecule has 0 aliphatic carbocycles. The van der Waals surface area contributed by atoms with Crippen LogP contribution in [0.15, 0.2) is 29.2 Å². The van der Waals surface area contributed by atoms with Gasteiger partial charge in [-0.05, 0) is 51.8 Å². The standard InChI is InChI=1S/C15H25NOS/c1-4-11-16-14(3)6-5-12-18(17)15-9-7-13(2)8-10-15/h7-10,14,16H,4-6,11-12H2,1-3H3. The molecule has 0 heterocycles. The lowest BCUT2D eigenvalue weighted by Gasteiger charge is -2.12. The fourth-order valence-corrected chi connectivity index (χ4v) is 2.93. The summed E-state index contributed by atoms with van der Waals surface area (Å²) in [7, 11) is -0.842.